The molecule has 2 saturated heterocycles. The van der Waals surface area contributed by atoms with Crippen LogP contribution in [0.4, 0.5) is 10.1 Å². The van der Waals surface area contributed by atoms with Crippen molar-refractivity contribution in [1.29, 1.82) is 5.26 Å². The molecule has 2 aliphatic rings. The maximum absolute atomic E-state index is 14.3. The Morgan fingerprint density at radius 1 is 1.22 bits per heavy atom. The van der Waals surface area contributed by atoms with Gasteiger partial charge in [0.25, 0.3) is 5.91 Å². The lowest BCUT2D eigenvalue weighted by Crippen LogP contribution is -2.42. The number of hydrogen-bond acceptors (Lipinski definition) is 7. The van der Waals surface area contributed by atoms with Crippen molar-refractivity contribution in [2.75, 3.05) is 44.7 Å². The molecule has 0 aliphatic carbocycles. The number of rotatable bonds is 6. The number of fused-ring (bicyclic) bond motifs is 1. The van der Waals surface area contributed by atoms with Crippen LogP contribution < -0.4 is 10.2 Å². The Kier molecular flexibility index (Phi) is 7.59. The highest BCUT2D eigenvalue weighted by Crippen LogP contribution is 2.33. The predicted octanol–water partition coefficient (Wildman–Crippen LogP) is 4.71. The number of anilines is 1. The Labute approximate surface area is 238 Å². The molecule has 1 amide bonds. The summed E-state index contributed by atoms with van der Waals surface area (Å²) in [6.45, 7) is 3.18. The van der Waals surface area contributed by atoms with Crippen LogP contribution in [-0.2, 0) is 4.74 Å². The Balaban J connectivity index is 1.45. The third-order valence-corrected chi connectivity index (χ3v) is 7.81. The molecule has 2 atom stereocenters. The minimum Gasteiger partial charge on any atom is -0.370 e. The number of benzene rings is 2. The van der Waals surface area contributed by atoms with Crippen LogP contribution in [0.25, 0.3) is 22.3 Å². The van der Waals surface area contributed by atoms with Gasteiger partial charge in [0.1, 0.15) is 17.4 Å². The summed E-state index contributed by atoms with van der Waals surface area (Å²) in [5.41, 5.74) is 4.37. The topological polar surface area (TPSA) is 94.4 Å². The van der Waals surface area contributed by atoms with Crippen LogP contribution >= 0.6 is 0 Å². The number of nitriles is 1. The summed E-state index contributed by atoms with van der Waals surface area (Å²) in [4.78, 5) is 27.7. The molecule has 6 rings (SSSR count). The number of aromatic nitrogens is 2. The highest BCUT2D eigenvalue weighted by Gasteiger charge is 2.30. The number of carbonyl (C=O) groups excluding carboxylic acids is 1. The largest absolute Gasteiger partial charge is 0.370 e. The summed E-state index contributed by atoms with van der Waals surface area (Å²) in [5, 5.41) is 12.8. The second kappa shape index (κ2) is 11.6. The highest BCUT2D eigenvalue weighted by molar-refractivity contribution is 6.09. The third kappa shape index (κ3) is 5.62. The van der Waals surface area contributed by atoms with Crippen molar-refractivity contribution in [2.45, 2.75) is 25.0 Å². The van der Waals surface area contributed by atoms with Gasteiger partial charge in [-0.15, -0.1) is 0 Å². The molecular weight excluding hydrogens is 519 g/mol. The van der Waals surface area contributed by atoms with E-state index < -0.39 is 5.82 Å². The fourth-order valence-corrected chi connectivity index (χ4v) is 5.72. The van der Waals surface area contributed by atoms with Crippen LogP contribution in [0.3, 0.4) is 0 Å². The van der Waals surface area contributed by atoms with Crippen molar-refractivity contribution in [2.24, 2.45) is 0 Å². The molecule has 2 aromatic heterocycles. The van der Waals surface area contributed by atoms with Crippen LogP contribution in [0.15, 0.2) is 66.9 Å². The van der Waals surface area contributed by atoms with Crippen molar-refractivity contribution >= 4 is 22.6 Å². The molecule has 4 aromatic rings. The molecule has 208 valence electrons. The van der Waals surface area contributed by atoms with E-state index in [1.54, 1.807) is 29.3 Å². The van der Waals surface area contributed by atoms with Crippen LogP contribution in [0, 0.1) is 17.1 Å². The number of morpholine rings is 1. The molecular formula is C32H31FN6O2. The van der Waals surface area contributed by atoms with Crippen molar-refractivity contribution in [3.8, 4) is 17.3 Å². The number of pyridine rings is 2. The van der Waals surface area contributed by atoms with Crippen LogP contribution in [0.5, 0.6) is 0 Å². The van der Waals surface area contributed by atoms with Gasteiger partial charge in [0.05, 0.1) is 46.9 Å². The number of carbonyl (C=O) groups is 1. The highest BCUT2D eigenvalue weighted by atomic mass is 19.1. The number of ether oxygens (including phenoxy) is 1. The molecule has 41 heavy (non-hydrogen) atoms. The molecule has 8 nitrogen and oxygen atoms in total. The normalized spacial score (nSPS) is 18.8. The monoisotopic (exact) mass is 550 g/mol. The molecule has 2 aliphatic heterocycles. The summed E-state index contributed by atoms with van der Waals surface area (Å²) in [5.74, 6) is -0.668. The van der Waals surface area contributed by atoms with Crippen LogP contribution in [0.2, 0.25) is 0 Å². The van der Waals surface area contributed by atoms with Gasteiger partial charge in [0.15, 0.2) is 0 Å². The van der Waals surface area contributed by atoms with E-state index in [2.05, 4.69) is 10.2 Å². The number of amides is 1. The van der Waals surface area contributed by atoms with E-state index in [9.17, 15) is 14.4 Å². The third-order valence-electron chi connectivity index (χ3n) is 7.81. The van der Waals surface area contributed by atoms with Gasteiger partial charge < -0.3 is 19.9 Å². The number of nitrogens with zero attached hydrogens (tertiary/aromatic N) is 5. The molecule has 0 unspecified atom stereocenters. The Hall–Kier alpha value is -4.39. The maximum Gasteiger partial charge on any atom is 0.258 e. The summed E-state index contributed by atoms with van der Waals surface area (Å²) >= 11 is 0. The number of hydrogen-bond donors (Lipinski definition) is 1. The van der Waals surface area contributed by atoms with Gasteiger partial charge in [-0.3, -0.25) is 9.78 Å². The summed E-state index contributed by atoms with van der Waals surface area (Å²) < 4.78 is 20.4. The second-order valence-corrected chi connectivity index (χ2v) is 10.6. The van der Waals surface area contributed by atoms with Crippen molar-refractivity contribution < 1.29 is 13.9 Å². The molecule has 2 aromatic carbocycles. The summed E-state index contributed by atoms with van der Waals surface area (Å²) in [7, 11) is 1.82. The maximum atomic E-state index is 14.3. The lowest BCUT2D eigenvalue weighted by Gasteiger charge is -2.36. The van der Waals surface area contributed by atoms with E-state index in [-0.39, 0.29) is 23.6 Å². The molecule has 0 spiro atoms. The smallest absolute Gasteiger partial charge is 0.258 e. The van der Waals surface area contributed by atoms with Crippen molar-refractivity contribution in [3.05, 3.63) is 89.4 Å². The van der Waals surface area contributed by atoms with E-state index in [0.717, 1.165) is 24.9 Å². The SMILES string of the molecule is CN(C[C@@H]1CCCN1)C(=O)c1c(N2CCO[C@H](c3ccccc3)C2)cnc2ccc(-c3cc(F)cc(C#N)c3)nc12. The van der Waals surface area contributed by atoms with Crippen molar-refractivity contribution in [3.63, 3.8) is 0 Å². The molecule has 1 N–H and O–H groups in total. The minimum atomic E-state index is -0.520. The van der Waals surface area contributed by atoms with E-state index in [0.29, 0.717) is 59.8 Å². The molecule has 4 heterocycles. The molecule has 0 radical (unpaired) electrons. The Morgan fingerprint density at radius 2 is 2.07 bits per heavy atom. The Bertz CT molecular complexity index is 1620. The van der Waals surface area contributed by atoms with Gasteiger partial charge in [-0.2, -0.15) is 5.26 Å². The number of nitrogens with one attached hydrogen (secondary N) is 1. The molecule has 0 saturated carbocycles. The first-order valence-corrected chi connectivity index (χ1v) is 13.9. The van der Waals surface area contributed by atoms with Gasteiger partial charge in [-0.25, -0.2) is 9.37 Å². The lowest BCUT2D eigenvalue weighted by atomic mass is 10.0. The quantitative estimate of drug-likeness (QED) is 0.372. The molecule has 9 heteroatoms. The van der Waals surface area contributed by atoms with E-state index in [1.165, 1.54) is 12.1 Å². The average Bonchev–Trinajstić information content (AvgIpc) is 3.53. The fraction of sp³-hybridized carbons (Fsp3) is 0.312. The molecule has 2 fully saturated rings. The Morgan fingerprint density at radius 3 is 2.85 bits per heavy atom. The van der Waals surface area contributed by atoms with E-state index in [1.807, 2.05) is 43.4 Å². The first-order chi connectivity index (χ1) is 20.0. The van der Waals surface area contributed by atoms with Gasteiger partial charge in [0, 0.05) is 38.3 Å². The van der Waals surface area contributed by atoms with Gasteiger partial charge in [-0.1, -0.05) is 30.3 Å². The van der Waals surface area contributed by atoms with Crippen LogP contribution in [0.1, 0.15) is 40.4 Å². The van der Waals surface area contributed by atoms with Gasteiger partial charge >= 0.3 is 0 Å². The second-order valence-electron chi connectivity index (χ2n) is 10.6. The lowest BCUT2D eigenvalue weighted by molar-refractivity contribution is 0.0396. The van der Waals surface area contributed by atoms with Crippen molar-refractivity contribution in [1.82, 2.24) is 20.2 Å². The minimum absolute atomic E-state index is 0.148. The van der Waals surface area contributed by atoms with Gasteiger partial charge in [0.2, 0.25) is 0 Å². The first kappa shape index (κ1) is 26.8. The molecule has 0 bridgehead atoms. The summed E-state index contributed by atoms with van der Waals surface area (Å²) in [6, 6.07) is 20.0. The standard InChI is InChI=1S/C32H31FN6O2/c1-38(19-25-8-5-11-35-25)32(40)30-28(39-12-13-41-29(20-39)22-6-3-2-4-7-22)18-36-27-10-9-26(37-31(27)30)23-14-21(17-34)15-24(33)16-23/h2-4,6-7,9-10,14-16,18,25,29,35H,5,8,11-13,19-20H2,1H3/t25-,29-/m0/s1. The van der Waals surface area contributed by atoms with E-state index >= 15 is 0 Å². The number of likely N-dealkylation sites (N-methyl/N-ethyl adjacent to an activating group) is 1. The summed E-state index contributed by atoms with van der Waals surface area (Å²) in [6.07, 6.45) is 3.71. The first-order valence-electron chi connectivity index (χ1n) is 13.9. The van der Waals surface area contributed by atoms with E-state index in [4.69, 9.17) is 14.7 Å². The van der Waals surface area contributed by atoms with Crippen LogP contribution in [-0.4, -0.2) is 66.7 Å². The number of halogens is 1. The zero-order valence-electron chi connectivity index (χ0n) is 22.9. The average molecular weight is 551 g/mol. The zero-order valence-corrected chi connectivity index (χ0v) is 22.9. The fourth-order valence-electron chi connectivity index (χ4n) is 5.72. The van der Waals surface area contributed by atoms with Gasteiger partial charge in [-0.05, 0) is 55.3 Å². The zero-order chi connectivity index (χ0) is 28.3. The predicted molar refractivity (Wildman–Crippen MR) is 155 cm³/mol.